The molecule has 0 atom stereocenters. The van der Waals surface area contributed by atoms with Crippen LogP contribution in [0.25, 0.3) is 0 Å². The lowest BCUT2D eigenvalue weighted by Crippen LogP contribution is -2.24. The predicted octanol–water partition coefficient (Wildman–Crippen LogP) is 2.17. The maximum Gasteiger partial charge on any atom is 0.267 e. The third kappa shape index (κ3) is 2.56. The number of hydrogen-bond donors (Lipinski definition) is 0. The highest BCUT2D eigenvalue weighted by molar-refractivity contribution is 7.12. The first kappa shape index (κ1) is 12.7. The van der Waals surface area contributed by atoms with Crippen LogP contribution in [0, 0.1) is 13.8 Å². The van der Waals surface area contributed by atoms with E-state index in [0.717, 1.165) is 5.56 Å². The number of nitrogens with zero attached hydrogens (tertiary/aromatic N) is 2. The van der Waals surface area contributed by atoms with Crippen molar-refractivity contribution in [2.24, 2.45) is 0 Å². The molecule has 0 saturated heterocycles. The van der Waals surface area contributed by atoms with E-state index in [1.54, 1.807) is 11.3 Å². The van der Waals surface area contributed by atoms with Crippen LogP contribution in [0.4, 0.5) is 0 Å². The molecule has 0 N–H and O–H groups in total. The largest absolute Gasteiger partial charge is 0.293 e. The zero-order chi connectivity index (χ0) is 13.3. The van der Waals surface area contributed by atoms with E-state index in [9.17, 15) is 9.59 Å². The lowest BCUT2D eigenvalue weighted by Gasteiger charge is -2.05. The van der Waals surface area contributed by atoms with Gasteiger partial charge in [0, 0.05) is 22.7 Å². The quantitative estimate of drug-likeness (QED) is 0.797. The molecule has 0 aliphatic heterocycles. The lowest BCUT2D eigenvalue weighted by molar-refractivity contribution is 0.101. The molecule has 2 heterocycles. The van der Waals surface area contributed by atoms with Crippen LogP contribution in [-0.4, -0.2) is 15.6 Å². The lowest BCUT2D eigenvalue weighted by atomic mass is 10.2. The van der Waals surface area contributed by atoms with E-state index < -0.39 is 0 Å². The summed E-state index contributed by atoms with van der Waals surface area (Å²) >= 11 is 1.69. The smallest absolute Gasteiger partial charge is 0.267 e. The van der Waals surface area contributed by atoms with Crippen LogP contribution >= 0.6 is 11.3 Å². The Balaban J connectivity index is 2.39. The van der Waals surface area contributed by atoms with Crippen molar-refractivity contribution in [2.75, 3.05) is 0 Å². The van der Waals surface area contributed by atoms with Crippen LogP contribution in [0.15, 0.2) is 23.0 Å². The summed E-state index contributed by atoms with van der Waals surface area (Å²) in [5, 5.41) is 4.08. The van der Waals surface area contributed by atoms with E-state index in [4.69, 9.17) is 0 Å². The second kappa shape index (κ2) is 4.86. The molecule has 0 unspecified atom stereocenters. The molecular formula is C13H14N2O2S. The molecule has 0 radical (unpaired) electrons. The normalized spacial score (nSPS) is 10.6. The molecule has 0 bridgehead atoms. The van der Waals surface area contributed by atoms with Gasteiger partial charge in [-0.15, -0.1) is 11.3 Å². The summed E-state index contributed by atoms with van der Waals surface area (Å²) in [4.78, 5) is 25.3. The van der Waals surface area contributed by atoms with Crippen LogP contribution in [0.1, 0.15) is 32.7 Å². The number of aryl methyl sites for hydroxylation is 2. The molecular weight excluding hydrogens is 248 g/mol. The molecule has 0 spiro atoms. The summed E-state index contributed by atoms with van der Waals surface area (Å²) in [7, 11) is 0. The highest BCUT2D eigenvalue weighted by Gasteiger charge is 2.08. The molecule has 0 amide bonds. The summed E-state index contributed by atoms with van der Waals surface area (Å²) in [5.41, 5.74) is 1.20. The molecule has 94 valence electrons. The number of thiophene rings is 1. The Bertz CT molecular complexity index is 655. The number of carbonyl (C=O) groups excluding carboxylic acids is 1. The second-order valence-corrected chi connectivity index (χ2v) is 5.67. The van der Waals surface area contributed by atoms with E-state index in [1.807, 2.05) is 13.8 Å². The van der Waals surface area contributed by atoms with Crippen molar-refractivity contribution in [1.29, 1.82) is 0 Å². The number of carbonyl (C=O) groups is 1. The third-order valence-corrected chi connectivity index (χ3v) is 3.70. The Morgan fingerprint density at radius 2 is 2.11 bits per heavy atom. The van der Waals surface area contributed by atoms with E-state index in [-0.39, 0.29) is 11.3 Å². The van der Waals surface area contributed by atoms with Gasteiger partial charge in [0.15, 0.2) is 5.78 Å². The molecule has 0 saturated carbocycles. The monoisotopic (exact) mass is 262 g/mol. The summed E-state index contributed by atoms with van der Waals surface area (Å²) in [5.74, 6) is -0.137. The first-order valence-electron chi connectivity index (χ1n) is 5.62. The number of rotatable bonds is 3. The number of aromatic nitrogens is 2. The maximum atomic E-state index is 11.7. The van der Waals surface area contributed by atoms with Gasteiger partial charge in [-0.2, -0.15) is 5.10 Å². The van der Waals surface area contributed by atoms with Crippen molar-refractivity contribution in [1.82, 2.24) is 9.78 Å². The fourth-order valence-corrected chi connectivity index (χ4v) is 2.69. The SMILES string of the molecule is CC(=O)c1ccc(=O)n(Cc2cc(C)sc2C)n1. The van der Waals surface area contributed by atoms with Crippen molar-refractivity contribution in [2.45, 2.75) is 27.3 Å². The molecule has 18 heavy (non-hydrogen) atoms. The standard InChI is InChI=1S/C13H14N2O2S/c1-8-6-11(10(3)18-8)7-15-13(17)5-4-12(14-15)9(2)16/h4-6H,7H2,1-3H3. The minimum atomic E-state index is -0.191. The average molecular weight is 262 g/mol. The Morgan fingerprint density at radius 1 is 1.39 bits per heavy atom. The number of hydrogen-bond acceptors (Lipinski definition) is 4. The van der Waals surface area contributed by atoms with Gasteiger partial charge in [0.25, 0.3) is 5.56 Å². The fraction of sp³-hybridized carbons (Fsp3) is 0.308. The number of Topliss-reactive ketones (excluding diaryl/α,β-unsaturated/α-hetero) is 1. The van der Waals surface area contributed by atoms with Crippen LogP contribution in [-0.2, 0) is 6.54 Å². The maximum absolute atomic E-state index is 11.7. The Kier molecular flexibility index (Phi) is 3.43. The van der Waals surface area contributed by atoms with Crippen molar-refractivity contribution in [3.63, 3.8) is 0 Å². The zero-order valence-electron chi connectivity index (χ0n) is 10.6. The van der Waals surface area contributed by atoms with Gasteiger partial charge in [-0.1, -0.05) is 0 Å². The fourth-order valence-electron chi connectivity index (χ4n) is 1.75. The van der Waals surface area contributed by atoms with E-state index >= 15 is 0 Å². The van der Waals surface area contributed by atoms with Crippen LogP contribution in [0.3, 0.4) is 0 Å². The van der Waals surface area contributed by atoms with Crippen molar-refractivity contribution in [3.8, 4) is 0 Å². The third-order valence-electron chi connectivity index (χ3n) is 2.69. The number of ketones is 1. The molecule has 0 aliphatic carbocycles. The van der Waals surface area contributed by atoms with Gasteiger partial charge in [-0.25, -0.2) is 4.68 Å². The minimum absolute atomic E-state index is 0.137. The van der Waals surface area contributed by atoms with Gasteiger partial charge < -0.3 is 0 Å². The van der Waals surface area contributed by atoms with Crippen LogP contribution in [0.2, 0.25) is 0 Å². The molecule has 0 aromatic carbocycles. The van der Waals surface area contributed by atoms with Crippen LogP contribution < -0.4 is 5.56 Å². The van der Waals surface area contributed by atoms with E-state index in [1.165, 1.54) is 33.5 Å². The van der Waals surface area contributed by atoms with Gasteiger partial charge in [-0.05, 0) is 31.5 Å². The van der Waals surface area contributed by atoms with Crippen molar-refractivity contribution in [3.05, 3.63) is 49.6 Å². The molecule has 4 nitrogen and oxygen atoms in total. The minimum Gasteiger partial charge on any atom is -0.293 e. The predicted molar refractivity (Wildman–Crippen MR) is 71.4 cm³/mol. The summed E-state index contributed by atoms with van der Waals surface area (Å²) < 4.78 is 1.34. The molecule has 0 fully saturated rings. The molecule has 2 aromatic rings. The highest BCUT2D eigenvalue weighted by atomic mass is 32.1. The van der Waals surface area contributed by atoms with Gasteiger partial charge in [0.05, 0.1) is 6.54 Å². The summed E-state index contributed by atoms with van der Waals surface area (Å²) in [6.07, 6.45) is 0. The molecule has 5 heteroatoms. The Labute approximate surface area is 109 Å². The first-order chi connectivity index (χ1) is 8.47. The summed E-state index contributed by atoms with van der Waals surface area (Å²) in [6, 6.07) is 4.90. The van der Waals surface area contributed by atoms with Gasteiger partial charge >= 0.3 is 0 Å². The van der Waals surface area contributed by atoms with E-state index in [0.29, 0.717) is 12.2 Å². The topological polar surface area (TPSA) is 52.0 Å². The van der Waals surface area contributed by atoms with Gasteiger partial charge in [0.2, 0.25) is 0 Å². The van der Waals surface area contributed by atoms with Crippen molar-refractivity contribution < 1.29 is 4.79 Å². The Hall–Kier alpha value is -1.75. The zero-order valence-corrected chi connectivity index (χ0v) is 11.4. The summed E-state index contributed by atoms with van der Waals surface area (Å²) in [6.45, 7) is 5.91. The highest BCUT2D eigenvalue weighted by Crippen LogP contribution is 2.20. The van der Waals surface area contributed by atoms with Gasteiger partial charge in [0.1, 0.15) is 5.69 Å². The van der Waals surface area contributed by atoms with E-state index in [2.05, 4.69) is 11.2 Å². The average Bonchev–Trinajstić information content (AvgIpc) is 2.60. The second-order valence-electron chi connectivity index (χ2n) is 4.21. The van der Waals surface area contributed by atoms with Crippen LogP contribution in [0.5, 0.6) is 0 Å². The molecule has 2 aromatic heterocycles. The molecule has 2 rings (SSSR count). The Morgan fingerprint density at radius 3 is 2.67 bits per heavy atom. The first-order valence-corrected chi connectivity index (χ1v) is 6.44. The van der Waals surface area contributed by atoms with Crippen molar-refractivity contribution >= 4 is 17.1 Å². The molecule has 0 aliphatic rings. The van der Waals surface area contributed by atoms with Gasteiger partial charge in [-0.3, -0.25) is 9.59 Å².